The topological polar surface area (TPSA) is 3.24 Å². The molecule has 1 saturated heterocycles. The van der Waals surface area contributed by atoms with Crippen molar-refractivity contribution in [2.45, 2.75) is 12.5 Å². The molecule has 0 radical (unpaired) electrons. The molecule has 12 heavy (non-hydrogen) atoms. The molecule has 0 aromatic carbocycles. The molecule has 1 heterocycles. The summed E-state index contributed by atoms with van der Waals surface area (Å²) in [7, 11) is 0. The van der Waals surface area contributed by atoms with Gasteiger partial charge in [0, 0.05) is 12.6 Å². The van der Waals surface area contributed by atoms with Crippen LogP contribution < -0.4 is 0 Å². The summed E-state index contributed by atoms with van der Waals surface area (Å²) in [5, 5.41) is 0. The molecule has 2 unspecified atom stereocenters. The summed E-state index contributed by atoms with van der Waals surface area (Å²) in [6, 6.07) is 0.646. The Morgan fingerprint density at radius 1 is 1.42 bits per heavy atom. The molecule has 0 amide bonds. The van der Waals surface area contributed by atoms with Gasteiger partial charge in [0.25, 0.3) is 0 Å². The lowest BCUT2D eigenvalue weighted by Gasteiger charge is -2.24. The van der Waals surface area contributed by atoms with E-state index in [4.69, 9.17) is 0 Å². The summed E-state index contributed by atoms with van der Waals surface area (Å²) < 4.78 is 0. The summed E-state index contributed by atoms with van der Waals surface area (Å²) in [5.74, 6) is 0.759. The van der Waals surface area contributed by atoms with Crippen molar-refractivity contribution in [2.75, 3.05) is 13.1 Å². The Labute approximate surface area is 74.1 Å². The van der Waals surface area contributed by atoms with Gasteiger partial charge in [0.2, 0.25) is 0 Å². The Hall–Kier alpha value is -0.820. The molecule has 1 nitrogen and oxygen atoms in total. The fourth-order valence-corrected chi connectivity index (χ4v) is 2.14. The number of hydrogen-bond donors (Lipinski definition) is 0. The molecule has 64 valence electrons. The van der Waals surface area contributed by atoms with Crippen LogP contribution >= 0.6 is 0 Å². The zero-order chi connectivity index (χ0) is 8.39. The highest BCUT2D eigenvalue weighted by Gasteiger charge is 2.30. The number of hydrogen-bond acceptors (Lipinski definition) is 1. The number of rotatable bonds is 2. The lowest BCUT2D eigenvalue weighted by Crippen LogP contribution is -2.31. The van der Waals surface area contributed by atoms with E-state index in [1.807, 2.05) is 6.08 Å². The van der Waals surface area contributed by atoms with Gasteiger partial charge in [0.1, 0.15) is 0 Å². The Bertz CT molecular complexity index is 227. The Morgan fingerprint density at radius 2 is 2.25 bits per heavy atom. The molecular weight excluding hydrogens is 146 g/mol. The first-order valence-corrected chi connectivity index (χ1v) is 4.62. The lowest BCUT2D eigenvalue weighted by atomic mass is 9.96. The largest absolute Gasteiger partial charge is 0.293 e. The van der Waals surface area contributed by atoms with E-state index in [1.54, 1.807) is 0 Å². The van der Waals surface area contributed by atoms with Crippen molar-refractivity contribution >= 4 is 0 Å². The van der Waals surface area contributed by atoms with Crippen molar-refractivity contribution in [2.24, 2.45) is 5.92 Å². The van der Waals surface area contributed by atoms with Crippen molar-refractivity contribution in [1.29, 1.82) is 0 Å². The van der Waals surface area contributed by atoms with Crippen LogP contribution in [0.4, 0.5) is 0 Å². The maximum Gasteiger partial charge on any atom is 0.0347 e. The average Bonchev–Trinajstić information content (AvgIpc) is 2.50. The van der Waals surface area contributed by atoms with E-state index in [0.29, 0.717) is 6.04 Å². The standard InChI is InChI=1S/C11H15N/c1-2-8-12-9-7-10-5-3-4-6-11(10)12/h2-6,10-11H,1,7-9H2. The SMILES string of the molecule is C=CCN1CCC2C=CC=CC21. The highest BCUT2D eigenvalue weighted by atomic mass is 15.2. The van der Waals surface area contributed by atoms with Crippen LogP contribution in [-0.2, 0) is 0 Å². The zero-order valence-corrected chi connectivity index (χ0v) is 7.32. The first-order chi connectivity index (χ1) is 5.92. The van der Waals surface area contributed by atoms with Crippen LogP contribution in [0.5, 0.6) is 0 Å². The van der Waals surface area contributed by atoms with E-state index in [-0.39, 0.29) is 0 Å². The van der Waals surface area contributed by atoms with Crippen LogP contribution in [0.25, 0.3) is 0 Å². The first-order valence-electron chi connectivity index (χ1n) is 4.62. The third-order valence-electron chi connectivity index (χ3n) is 2.75. The molecule has 0 spiro atoms. The van der Waals surface area contributed by atoms with Gasteiger partial charge in [-0.1, -0.05) is 30.4 Å². The highest BCUT2D eigenvalue weighted by molar-refractivity contribution is 5.19. The predicted octanol–water partition coefficient (Wildman–Crippen LogP) is 1.99. The molecule has 2 atom stereocenters. The highest BCUT2D eigenvalue weighted by Crippen LogP contribution is 2.28. The maximum absolute atomic E-state index is 3.78. The predicted molar refractivity (Wildman–Crippen MR) is 51.9 cm³/mol. The first kappa shape index (κ1) is 7.81. The summed E-state index contributed by atoms with van der Waals surface area (Å²) in [6.07, 6.45) is 12.3. The number of fused-ring (bicyclic) bond motifs is 1. The minimum Gasteiger partial charge on any atom is -0.293 e. The minimum atomic E-state index is 0.646. The molecule has 0 aromatic heterocycles. The van der Waals surface area contributed by atoms with Crippen LogP contribution in [0.2, 0.25) is 0 Å². The second-order valence-electron chi connectivity index (χ2n) is 3.50. The molecule has 0 N–H and O–H groups in total. The zero-order valence-electron chi connectivity index (χ0n) is 7.32. The van der Waals surface area contributed by atoms with Crippen LogP contribution in [0.3, 0.4) is 0 Å². The van der Waals surface area contributed by atoms with Gasteiger partial charge in [-0.25, -0.2) is 0 Å². The molecule has 1 heteroatoms. The summed E-state index contributed by atoms with van der Waals surface area (Å²) in [4.78, 5) is 2.48. The molecule has 0 saturated carbocycles. The van der Waals surface area contributed by atoms with E-state index in [0.717, 1.165) is 12.5 Å². The van der Waals surface area contributed by atoms with Crippen LogP contribution in [0, 0.1) is 5.92 Å². The van der Waals surface area contributed by atoms with Gasteiger partial charge in [0.15, 0.2) is 0 Å². The third kappa shape index (κ3) is 1.25. The minimum absolute atomic E-state index is 0.646. The molecule has 1 aliphatic heterocycles. The van der Waals surface area contributed by atoms with Crippen molar-refractivity contribution in [1.82, 2.24) is 4.90 Å². The van der Waals surface area contributed by atoms with Crippen LogP contribution in [-0.4, -0.2) is 24.0 Å². The Kier molecular flexibility index (Phi) is 2.13. The summed E-state index contributed by atoms with van der Waals surface area (Å²) in [5.41, 5.74) is 0. The Balaban J connectivity index is 2.07. The van der Waals surface area contributed by atoms with Gasteiger partial charge in [-0.2, -0.15) is 0 Å². The van der Waals surface area contributed by atoms with E-state index in [9.17, 15) is 0 Å². The summed E-state index contributed by atoms with van der Waals surface area (Å²) >= 11 is 0. The monoisotopic (exact) mass is 161 g/mol. The molecule has 1 fully saturated rings. The lowest BCUT2D eigenvalue weighted by molar-refractivity contribution is 0.306. The van der Waals surface area contributed by atoms with Crippen LogP contribution in [0.1, 0.15) is 6.42 Å². The van der Waals surface area contributed by atoms with Crippen molar-refractivity contribution in [3.8, 4) is 0 Å². The van der Waals surface area contributed by atoms with Gasteiger partial charge in [-0.15, -0.1) is 6.58 Å². The van der Waals surface area contributed by atoms with E-state index in [2.05, 4.69) is 35.8 Å². The average molecular weight is 161 g/mol. The molecular formula is C11H15N. The van der Waals surface area contributed by atoms with Gasteiger partial charge in [-0.3, -0.25) is 4.90 Å². The number of allylic oxidation sites excluding steroid dienone is 2. The van der Waals surface area contributed by atoms with Gasteiger partial charge < -0.3 is 0 Å². The van der Waals surface area contributed by atoms with Crippen molar-refractivity contribution in [3.63, 3.8) is 0 Å². The third-order valence-corrected chi connectivity index (χ3v) is 2.75. The molecule has 0 bridgehead atoms. The van der Waals surface area contributed by atoms with E-state index < -0.39 is 0 Å². The fourth-order valence-electron chi connectivity index (χ4n) is 2.14. The smallest absolute Gasteiger partial charge is 0.0347 e. The van der Waals surface area contributed by atoms with E-state index >= 15 is 0 Å². The molecule has 1 aliphatic carbocycles. The molecule has 2 aliphatic rings. The van der Waals surface area contributed by atoms with Gasteiger partial charge in [-0.05, 0) is 18.9 Å². The number of nitrogens with zero attached hydrogens (tertiary/aromatic N) is 1. The fraction of sp³-hybridized carbons (Fsp3) is 0.455. The second-order valence-corrected chi connectivity index (χ2v) is 3.50. The molecule has 0 aromatic rings. The molecule has 2 rings (SSSR count). The van der Waals surface area contributed by atoms with Crippen molar-refractivity contribution < 1.29 is 0 Å². The number of likely N-dealkylation sites (tertiary alicyclic amines) is 1. The Morgan fingerprint density at radius 3 is 3.08 bits per heavy atom. The normalized spacial score (nSPS) is 33.7. The second kappa shape index (κ2) is 3.28. The van der Waals surface area contributed by atoms with Crippen molar-refractivity contribution in [3.05, 3.63) is 37.0 Å². The van der Waals surface area contributed by atoms with E-state index in [1.165, 1.54) is 13.0 Å². The quantitative estimate of drug-likeness (QED) is 0.560. The van der Waals surface area contributed by atoms with Gasteiger partial charge in [0.05, 0.1) is 0 Å². The maximum atomic E-state index is 3.78. The van der Waals surface area contributed by atoms with Crippen LogP contribution in [0.15, 0.2) is 37.0 Å². The summed E-state index contributed by atoms with van der Waals surface area (Å²) in [6.45, 7) is 6.02. The van der Waals surface area contributed by atoms with Gasteiger partial charge >= 0.3 is 0 Å².